The number of aliphatic hydroxyl groups is 1. The van der Waals surface area contributed by atoms with E-state index in [1.807, 2.05) is 0 Å². The monoisotopic (exact) mass is 340 g/mol. The molecule has 24 heavy (non-hydrogen) atoms. The van der Waals surface area contributed by atoms with Gasteiger partial charge in [0.05, 0.1) is 11.7 Å². The molecule has 132 valence electrons. The van der Waals surface area contributed by atoms with Crippen molar-refractivity contribution in [1.29, 1.82) is 0 Å². The standard InChI is InChI=1S/C17H22F2N2O3/c1-11(22)12-6-8-21(10-12)16(23)3-2-7-20-17(24)14-5-4-13(18)9-15(14)19/h4-5,9,11-12,22H,2-3,6-8,10H2,1H3,(H,20,24). The SMILES string of the molecule is CC(O)C1CCN(C(=O)CCCNC(=O)c2ccc(F)cc2F)C1. The number of benzene rings is 1. The number of carbonyl (C=O) groups excluding carboxylic acids is 2. The molecule has 1 heterocycles. The third-order valence-corrected chi connectivity index (χ3v) is 4.29. The Kier molecular flexibility index (Phi) is 6.25. The number of hydrogen-bond acceptors (Lipinski definition) is 3. The van der Waals surface area contributed by atoms with E-state index in [0.717, 1.165) is 18.6 Å². The zero-order valence-electron chi connectivity index (χ0n) is 13.6. The number of nitrogens with one attached hydrogen (secondary N) is 1. The lowest BCUT2D eigenvalue weighted by Gasteiger charge is -2.17. The number of rotatable bonds is 6. The average molecular weight is 340 g/mol. The molecule has 1 fully saturated rings. The predicted molar refractivity (Wildman–Crippen MR) is 84.3 cm³/mol. The van der Waals surface area contributed by atoms with Crippen molar-refractivity contribution in [3.8, 4) is 0 Å². The van der Waals surface area contributed by atoms with E-state index in [4.69, 9.17) is 0 Å². The maximum Gasteiger partial charge on any atom is 0.254 e. The van der Waals surface area contributed by atoms with Gasteiger partial charge in [-0.3, -0.25) is 9.59 Å². The van der Waals surface area contributed by atoms with Crippen LogP contribution in [0.2, 0.25) is 0 Å². The summed E-state index contributed by atoms with van der Waals surface area (Å²) in [5, 5.41) is 12.1. The van der Waals surface area contributed by atoms with Crippen molar-refractivity contribution in [1.82, 2.24) is 10.2 Å². The molecule has 0 saturated carbocycles. The van der Waals surface area contributed by atoms with Crippen LogP contribution in [-0.2, 0) is 4.79 Å². The highest BCUT2D eigenvalue weighted by Crippen LogP contribution is 2.20. The van der Waals surface area contributed by atoms with Gasteiger partial charge in [0.15, 0.2) is 0 Å². The van der Waals surface area contributed by atoms with E-state index in [1.54, 1.807) is 11.8 Å². The second-order valence-corrected chi connectivity index (χ2v) is 6.11. The van der Waals surface area contributed by atoms with Gasteiger partial charge in [0.25, 0.3) is 5.91 Å². The minimum atomic E-state index is -0.912. The van der Waals surface area contributed by atoms with E-state index in [-0.39, 0.29) is 30.4 Å². The Morgan fingerprint density at radius 2 is 2.17 bits per heavy atom. The number of carbonyl (C=O) groups is 2. The first-order valence-electron chi connectivity index (χ1n) is 8.07. The van der Waals surface area contributed by atoms with E-state index < -0.39 is 23.6 Å². The minimum absolute atomic E-state index is 0.0136. The quantitative estimate of drug-likeness (QED) is 0.775. The van der Waals surface area contributed by atoms with Gasteiger partial charge in [-0.05, 0) is 31.9 Å². The largest absolute Gasteiger partial charge is 0.393 e. The second-order valence-electron chi connectivity index (χ2n) is 6.11. The first-order chi connectivity index (χ1) is 11.4. The molecule has 2 rings (SSSR count). The third kappa shape index (κ3) is 4.74. The maximum atomic E-state index is 13.5. The summed E-state index contributed by atoms with van der Waals surface area (Å²) < 4.78 is 26.3. The fourth-order valence-electron chi connectivity index (χ4n) is 2.78. The first-order valence-corrected chi connectivity index (χ1v) is 8.07. The van der Waals surface area contributed by atoms with E-state index >= 15 is 0 Å². The van der Waals surface area contributed by atoms with Gasteiger partial charge in [0.1, 0.15) is 11.6 Å². The summed E-state index contributed by atoms with van der Waals surface area (Å²) in [6, 6.07) is 2.77. The smallest absolute Gasteiger partial charge is 0.254 e. The van der Waals surface area contributed by atoms with Crippen LogP contribution < -0.4 is 5.32 Å². The molecule has 0 spiro atoms. The normalized spacial score (nSPS) is 18.5. The molecule has 1 aromatic rings. The van der Waals surface area contributed by atoms with Crippen LogP contribution in [0.1, 0.15) is 36.5 Å². The predicted octanol–water partition coefficient (Wildman–Crippen LogP) is 1.70. The molecule has 1 aliphatic rings. The van der Waals surface area contributed by atoms with Gasteiger partial charge in [-0.15, -0.1) is 0 Å². The zero-order chi connectivity index (χ0) is 17.7. The molecule has 0 bridgehead atoms. The number of hydrogen-bond donors (Lipinski definition) is 2. The molecule has 0 aliphatic carbocycles. The number of halogens is 2. The molecule has 5 nitrogen and oxygen atoms in total. The molecule has 1 aliphatic heterocycles. The van der Waals surface area contributed by atoms with Crippen molar-refractivity contribution in [3.05, 3.63) is 35.4 Å². The summed E-state index contributed by atoms with van der Waals surface area (Å²) in [4.78, 5) is 25.6. The van der Waals surface area contributed by atoms with E-state index in [1.165, 1.54) is 0 Å². The number of amides is 2. The highest BCUT2D eigenvalue weighted by molar-refractivity contribution is 5.94. The van der Waals surface area contributed by atoms with Crippen LogP contribution in [0, 0.1) is 17.6 Å². The van der Waals surface area contributed by atoms with Crippen LogP contribution in [-0.4, -0.2) is 47.6 Å². The molecule has 1 saturated heterocycles. The Bertz CT molecular complexity index is 607. The lowest BCUT2D eigenvalue weighted by molar-refractivity contribution is -0.130. The van der Waals surface area contributed by atoms with Crippen molar-refractivity contribution >= 4 is 11.8 Å². The minimum Gasteiger partial charge on any atom is -0.393 e. The van der Waals surface area contributed by atoms with Crippen molar-refractivity contribution in [2.75, 3.05) is 19.6 Å². The Morgan fingerprint density at radius 3 is 2.79 bits per heavy atom. The van der Waals surface area contributed by atoms with Crippen LogP contribution >= 0.6 is 0 Å². The van der Waals surface area contributed by atoms with Crippen LogP contribution in [0.3, 0.4) is 0 Å². The molecule has 2 atom stereocenters. The van der Waals surface area contributed by atoms with Crippen LogP contribution in [0.4, 0.5) is 8.78 Å². The van der Waals surface area contributed by atoms with Gasteiger partial charge in [0, 0.05) is 38.0 Å². The van der Waals surface area contributed by atoms with Gasteiger partial charge >= 0.3 is 0 Å². The summed E-state index contributed by atoms with van der Waals surface area (Å²) in [6.07, 6.45) is 1.08. The first kappa shape index (κ1) is 18.3. The third-order valence-electron chi connectivity index (χ3n) is 4.29. The maximum absolute atomic E-state index is 13.5. The van der Waals surface area contributed by atoms with Crippen LogP contribution in [0.15, 0.2) is 18.2 Å². The summed E-state index contributed by atoms with van der Waals surface area (Å²) in [7, 11) is 0. The molecule has 0 radical (unpaired) electrons. The zero-order valence-corrected chi connectivity index (χ0v) is 13.6. The highest BCUT2D eigenvalue weighted by atomic mass is 19.1. The molecule has 2 unspecified atom stereocenters. The number of aliphatic hydroxyl groups excluding tert-OH is 1. The molecule has 2 amide bonds. The van der Waals surface area contributed by atoms with Gasteiger partial charge in [-0.2, -0.15) is 0 Å². The van der Waals surface area contributed by atoms with Crippen LogP contribution in [0.25, 0.3) is 0 Å². The summed E-state index contributed by atoms with van der Waals surface area (Å²) >= 11 is 0. The highest BCUT2D eigenvalue weighted by Gasteiger charge is 2.28. The van der Waals surface area contributed by atoms with Crippen LogP contribution in [0.5, 0.6) is 0 Å². The summed E-state index contributed by atoms with van der Waals surface area (Å²) in [5.74, 6) is -2.17. The fourth-order valence-corrected chi connectivity index (χ4v) is 2.78. The number of likely N-dealkylation sites (tertiary alicyclic amines) is 1. The number of nitrogens with zero attached hydrogens (tertiary/aromatic N) is 1. The van der Waals surface area contributed by atoms with E-state index in [0.29, 0.717) is 25.6 Å². The summed E-state index contributed by atoms with van der Waals surface area (Å²) in [5.41, 5.74) is -0.220. The molecular weight excluding hydrogens is 318 g/mol. The second kappa shape index (κ2) is 8.19. The summed E-state index contributed by atoms with van der Waals surface area (Å²) in [6.45, 7) is 3.16. The van der Waals surface area contributed by atoms with Crippen molar-refractivity contribution in [2.24, 2.45) is 5.92 Å². The van der Waals surface area contributed by atoms with E-state index in [9.17, 15) is 23.5 Å². The molecule has 1 aromatic carbocycles. The Balaban J connectivity index is 1.71. The van der Waals surface area contributed by atoms with E-state index in [2.05, 4.69) is 5.32 Å². The lowest BCUT2D eigenvalue weighted by Crippen LogP contribution is -2.31. The van der Waals surface area contributed by atoms with Crippen molar-refractivity contribution in [2.45, 2.75) is 32.3 Å². The van der Waals surface area contributed by atoms with Gasteiger partial charge in [0.2, 0.25) is 5.91 Å². The van der Waals surface area contributed by atoms with Gasteiger partial charge in [-0.1, -0.05) is 0 Å². The fraction of sp³-hybridized carbons (Fsp3) is 0.529. The van der Waals surface area contributed by atoms with Gasteiger partial charge in [-0.25, -0.2) is 8.78 Å². The average Bonchev–Trinajstić information content (AvgIpc) is 3.01. The van der Waals surface area contributed by atoms with Gasteiger partial charge < -0.3 is 15.3 Å². The Labute approximate surface area is 139 Å². The Morgan fingerprint density at radius 1 is 1.42 bits per heavy atom. The van der Waals surface area contributed by atoms with Crippen molar-refractivity contribution < 1.29 is 23.5 Å². The molecular formula is C17H22F2N2O3. The lowest BCUT2D eigenvalue weighted by atomic mass is 10.0. The topological polar surface area (TPSA) is 69.6 Å². The molecule has 0 aromatic heterocycles. The Hall–Kier alpha value is -2.02. The molecule has 7 heteroatoms. The van der Waals surface area contributed by atoms with Crippen molar-refractivity contribution in [3.63, 3.8) is 0 Å². The molecule has 2 N–H and O–H groups in total.